The van der Waals surface area contributed by atoms with E-state index in [1.54, 1.807) is 17.1 Å². The fourth-order valence-electron chi connectivity index (χ4n) is 1.63. The summed E-state index contributed by atoms with van der Waals surface area (Å²) in [5.41, 5.74) is 2.01. The van der Waals surface area contributed by atoms with Crippen LogP contribution < -0.4 is 0 Å². The molecule has 0 spiro atoms. The number of nitrogens with zero attached hydrogens (tertiary/aromatic N) is 3. The minimum absolute atomic E-state index is 0.450. The normalized spacial score (nSPS) is 12.6. The second-order valence-corrected chi connectivity index (χ2v) is 3.86. The predicted molar refractivity (Wildman–Crippen MR) is 60.7 cm³/mol. The molecule has 0 saturated heterocycles. The molecule has 0 amide bonds. The number of aliphatic hydroxyl groups is 1. The van der Waals surface area contributed by atoms with Gasteiger partial charge in [-0.2, -0.15) is 5.10 Å². The minimum atomic E-state index is -0.450. The van der Waals surface area contributed by atoms with Crippen LogP contribution in [0.2, 0.25) is 0 Å². The monoisotopic (exact) mass is 217 g/mol. The first-order valence-corrected chi connectivity index (χ1v) is 5.31. The van der Waals surface area contributed by atoms with Crippen LogP contribution in [0.15, 0.2) is 36.9 Å². The zero-order chi connectivity index (χ0) is 11.4. The van der Waals surface area contributed by atoms with Gasteiger partial charge in [0.05, 0.1) is 12.3 Å². The van der Waals surface area contributed by atoms with Gasteiger partial charge in [0, 0.05) is 31.2 Å². The third-order valence-corrected chi connectivity index (χ3v) is 2.54. The van der Waals surface area contributed by atoms with Crippen LogP contribution in [0.1, 0.15) is 23.7 Å². The molecule has 0 saturated carbocycles. The van der Waals surface area contributed by atoms with Gasteiger partial charge in [0.25, 0.3) is 0 Å². The molecule has 1 N–H and O–H groups in total. The van der Waals surface area contributed by atoms with Crippen LogP contribution in [0, 0.1) is 0 Å². The largest absolute Gasteiger partial charge is 0.388 e. The molecule has 0 aliphatic carbocycles. The topological polar surface area (TPSA) is 50.9 Å². The van der Waals surface area contributed by atoms with Gasteiger partial charge in [-0.15, -0.1) is 0 Å². The third-order valence-electron chi connectivity index (χ3n) is 2.54. The molecule has 2 heterocycles. The van der Waals surface area contributed by atoms with E-state index in [-0.39, 0.29) is 0 Å². The molecular weight excluding hydrogens is 202 g/mol. The molecule has 4 heteroatoms. The molecule has 4 nitrogen and oxygen atoms in total. The van der Waals surface area contributed by atoms with Crippen LogP contribution >= 0.6 is 0 Å². The van der Waals surface area contributed by atoms with Gasteiger partial charge < -0.3 is 5.11 Å². The molecule has 84 valence electrons. The van der Waals surface area contributed by atoms with E-state index in [1.807, 2.05) is 31.6 Å². The van der Waals surface area contributed by atoms with Crippen LogP contribution in [-0.2, 0) is 13.5 Å². The lowest BCUT2D eigenvalue weighted by Crippen LogP contribution is -1.98. The van der Waals surface area contributed by atoms with Crippen LogP contribution in [-0.4, -0.2) is 19.9 Å². The molecular formula is C12H15N3O. The second kappa shape index (κ2) is 4.90. The van der Waals surface area contributed by atoms with Gasteiger partial charge >= 0.3 is 0 Å². The molecule has 1 unspecified atom stereocenters. The Bertz CT molecular complexity index is 439. The van der Waals surface area contributed by atoms with Crippen LogP contribution in [0.5, 0.6) is 0 Å². The molecule has 0 aliphatic heterocycles. The highest BCUT2D eigenvalue weighted by Gasteiger charge is 2.09. The molecule has 0 aromatic carbocycles. The van der Waals surface area contributed by atoms with Crippen molar-refractivity contribution in [1.29, 1.82) is 0 Å². The highest BCUT2D eigenvalue weighted by Crippen LogP contribution is 2.17. The summed E-state index contributed by atoms with van der Waals surface area (Å²) in [5, 5.41) is 14.0. The maximum Gasteiger partial charge on any atom is 0.0823 e. The third kappa shape index (κ3) is 2.67. The lowest BCUT2D eigenvalue weighted by atomic mass is 10.1. The Morgan fingerprint density at radius 3 is 2.94 bits per heavy atom. The summed E-state index contributed by atoms with van der Waals surface area (Å²) >= 11 is 0. The molecule has 0 bridgehead atoms. The van der Waals surface area contributed by atoms with E-state index in [0.717, 1.165) is 17.5 Å². The molecule has 2 aromatic rings. The Labute approximate surface area is 94.6 Å². The van der Waals surface area contributed by atoms with Gasteiger partial charge in [0.15, 0.2) is 0 Å². The van der Waals surface area contributed by atoms with Crippen molar-refractivity contribution in [3.05, 3.63) is 48.0 Å². The Morgan fingerprint density at radius 1 is 1.44 bits per heavy atom. The lowest BCUT2D eigenvalue weighted by Gasteiger charge is -2.07. The fourth-order valence-corrected chi connectivity index (χ4v) is 1.63. The number of aryl methyl sites for hydroxylation is 2. The van der Waals surface area contributed by atoms with Crippen LogP contribution in [0.25, 0.3) is 0 Å². The zero-order valence-corrected chi connectivity index (χ0v) is 9.24. The smallest absolute Gasteiger partial charge is 0.0823 e. The highest BCUT2D eigenvalue weighted by molar-refractivity contribution is 5.11. The first kappa shape index (κ1) is 10.8. The lowest BCUT2D eigenvalue weighted by molar-refractivity contribution is 0.167. The van der Waals surface area contributed by atoms with Crippen molar-refractivity contribution >= 4 is 0 Å². The van der Waals surface area contributed by atoms with Gasteiger partial charge in [0.1, 0.15) is 0 Å². The predicted octanol–water partition coefficient (Wildman–Crippen LogP) is 1.48. The number of aliphatic hydroxyl groups excluding tert-OH is 1. The number of aromatic nitrogens is 3. The Hall–Kier alpha value is -1.68. The SMILES string of the molecule is Cn1cc(C(O)CCc2cccnc2)cn1. The standard InChI is InChI=1S/C12H15N3O/c1-15-9-11(8-14-15)12(16)5-4-10-3-2-6-13-7-10/h2-3,6-9,12,16H,4-5H2,1H3. The first-order valence-electron chi connectivity index (χ1n) is 5.31. The summed E-state index contributed by atoms with van der Waals surface area (Å²) in [5.74, 6) is 0. The van der Waals surface area contributed by atoms with Gasteiger partial charge in [-0.3, -0.25) is 9.67 Å². The molecule has 1 atom stereocenters. The van der Waals surface area contributed by atoms with Crippen LogP contribution in [0.3, 0.4) is 0 Å². The molecule has 0 fully saturated rings. The van der Waals surface area contributed by atoms with Crippen molar-refractivity contribution < 1.29 is 5.11 Å². The number of rotatable bonds is 4. The van der Waals surface area contributed by atoms with Crippen molar-refractivity contribution in [3.63, 3.8) is 0 Å². The quantitative estimate of drug-likeness (QED) is 0.844. The molecule has 2 aromatic heterocycles. The highest BCUT2D eigenvalue weighted by atomic mass is 16.3. The summed E-state index contributed by atoms with van der Waals surface area (Å²) in [4.78, 5) is 4.04. The van der Waals surface area contributed by atoms with Crippen molar-refractivity contribution in [2.45, 2.75) is 18.9 Å². The van der Waals surface area contributed by atoms with E-state index >= 15 is 0 Å². The second-order valence-electron chi connectivity index (χ2n) is 3.86. The van der Waals surface area contributed by atoms with E-state index in [1.165, 1.54) is 0 Å². The number of pyridine rings is 1. The zero-order valence-electron chi connectivity index (χ0n) is 9.24. The summed E-state index contributed by atoms with van der Waals surface area (Å²) in [6.07, 6.45) is 8.19. The Balaban J connectivity index is 1.91. The number of hydrogen-bond acceptors (Lipinski definition) is 3. The first-order chi connectivity index (χ1) is 7.75. The molecule has 0 aliphatic rings. The van der Waals surface area contributed by atoms with Gasteiger partial charge in [-0.1, -0.05) is 6.07 Å². The van der Waals surface area contributed by atoms with Gasteiger partial charge in [-0.05, 0) is 24.5 Å². The Morgan fingerprint density at radius 2 is 2.31 bits per heavy atom. The van der Waals surface area contributed by atoms with E-state index < -0.39 is 6.10 Å². The molecule has 0 radical (unpaired) electrons. The van der Waals surface area contributed by atoms with Gasteiger partial charge in [0.2, 0.25) is 0 Å². The average Bonchev–Trinajstić information content (AvgIpc) is 2.74. The summed E-state index contributed by atoms with van der Waals surface area (Å²) < 4.78 is 1.70. The van der Waals surface area contributed by atoms with Gasteiger partial charge in [-0.25, -0.2) is 0 Å². The van der Waals surface area contributed by atoms with Crippen LogP contribution in [0.4, 0.5) is 0 Å². The maximum atomic E-state index is 9.92. The van der Waals surface area contributed by atoms with Crippen molar-refractivity contribution in [3.8, 4) is 0 Å². The summed E-state index contributed by atoms with van der Waals surface area (Å²) in [6.45, 7) is 0. The van der Waals surface area contributed by atoms with Crippen molar-refractivity contribution in [2.24, 2.45) is 7.05 Å². The number of hydrogen-bond donors (Lipinski definition) is 1. The van der Waals surface area contributed by atoms with Crippen molar-refractivity contribution in [2.75, 3.05) is 0 Å². The van der Waals surface area contributed by atoms with E-state index in [9.17, 15) is 5.11 Å². The van der Waals surface area contributed by atoms with E-state index in [4.69, 9.17) is 0 Å². The minimum Gasteiger partial charge on any atom is -0.388 e. The summed E-state index contributed by atoms with van der Waals surface area (Å²) in [6, 6.07) is 3.93. The average molecular weight is 217 g/mol. The van der Waals surface area contributed by atoms with Crippen molar-refractivity contribution in [1.82, 2.24) is 14.8 Å². The fraction of sp³-hybridized carbons (Fsp3) is 0.333. The van der Waals surface area contributed by atoms with E-state index in [2.05, 4.69) is 10.1 Å². The Kier molecular flexibility index (Phi) is 3.31. The maximum absolute atomic E-state index is 9.92. The molecule has 2 rings (SSSR count). The van der Waals surface area contributed by atoms with E-state index in [0.29, 0.717) is 6.42 Å². The molecule has 16 heavy (non-hydrogen) atoms. The summed E-state index contributed by atoms with van der Waals surface area (Å²) in [7, 11) is 1.84.